The molecule has 0 aliphatic rings. The maximum atomic E-state index is 2.35. The molecule has 0 saturated carbocycles. The SMILES string of the molecule is CCCCCCCCC(CCCCCC)CC(CCCCCCCC)CCCCCCCC. The van der Waals surface area contributed by atoms with Crippen molar-refractivity contribution in [1.82, 2.24) is 0 Å². The van der Waals surface area contributed by atoms with Crippen LogP contribution < -0.4 is 0 Å². The van der Waals surface area contributed by atoms with E-state index < -0.39 is 0 Å². The summed E-state index contributed by atoms with van der Waals surface area (Å²) in [5.41, 5.74) is 0. The Kier molecular flexibility index (Phi) is 28.2. The summed E-state index contributed by atoms with van der Waals surface area (Å²) in [7, 11) is 0. The first-order valence-corrected chi connectivity index (χ1v) is 16.3. The lowest BCUT2D eigenvalue weighted by Crippen LogP contribution is -2.11. The molecule has 33 heavy (non-hydrogen) atoms. The van der Waals surface area contributed by atoms with Crippen molar-refractivity contribution in [3.63, 3.8) is 0 Å². The van der Waals surface area contributed by atoms with Crippen LogP contribution in [0.1, 0.15) is 201 Å². The minimum Gasteiger partial charge on any atom is -0.0654 e. The van der Waals surface area contributed by atoms with Crippen LogP contribution in [0.15, 0.2) is 0 Å². The van der Waals surface area contributed by atoms with Crippen LogP contribution in [0.5, 0.6) is 0 Å². The maximum Gasteiger partial charge on any atom is -0.0412 e. The van der Waals surface area contributed by atoms with Crippen molar-refractivity contribution >= 4 is 0 Å². The average Bonchev–Trinajstić information content (AvgIpc) is 2.82. The van der Waals surface area contributed by atoms with Crippen molar-refractivity contribution in [1.29, 1.82) is 0 Å². The van der Waals surface area contributed by atoms with Gasteiger partial charge in [-0.05, 0) is 18.3 Å². The Morgan fingerprint density at radius 1 is 0.273 bits per heavy atom. The van der Waals surface area contributed by atoms with E-state index in [9.17, 15) is 0 Å². The van der Waals surface area contributed by atoms with Gasteiger partial charge in [0.05, 0.1) is 0 Å². The van der Waals surface area contributed by atoms with E-state index in [-0.39, 0.29) is 0 Å². The van der Waals surface area contributed by atoms with Gasteiger partial charge in [0.2, 0.25) is 0 Å². The third kappa shape index (κ3) is 24.9. The Balaban J connectivity index is 4.52. The fourth-order valence-electron chi connectivity index (χ4n) is 5.73. The van der Waals surface area contributed by atoms with Gasteiger partial charge in [-0.15, -0.1) is 0 Å². The normalized spacial score (nSPS) is 12.6. The first-order chi connectivity index (χ1) is 16.3. The summed E-state index contributed by atoms with van der Waals surface area (Å²) in [6.07, 6.45) is 39.8. The highest BCUT2D eigenvalue weighted by Gasteiger charge is 2.16. The molecule has 1 atom stereocenters. The first-order valence-electron chi connectivity index (χ1n) is 16.3. The van der Waals surface area contributed by atoms with E-state index in [1.54, 1.807) is 6.42 Å². The third-order valence-electron chi connectivity index (χ3n) is 8.03. The summed E-state index contributed by atoms with van der Waals surface area (Å²) < 4.78 is 0. The van der Waals surface area contributed by atoms with E-state index in [1.807, 2.05) is 0 Å². The summed E-state index contributed by atoms with van der Waals surface area (Å²) in [6.45, 7) is 9.35. The van der Waals surface area contributed by atoms with Crippen molar-refractivity contribution in [3.05, 3.63) is 0 Å². The summed E-state index contributed by atoms with van der Waals surface area (Å²) in [4.78, 5) is 0. The molecule has 0 fully saturated rings. The fraction of sp³-hybridized carbons (Fsp3) is 1.00. The van der Waals surface area contributed by atoms with Gasteiger partial charge in [0.15, 0.2) is 0 Å². The van der Waals surface area contributed by atoms with Gasteiger partial charge in [0, 0.05) is 0 Å². The number of hydrogen-bond donors (Lipinski definition) is 0. The van der Waals surface area contributed by atoms with Crippen molar-refractivity contribution < 1.29 is 0 Å². The Bertz CT molecular complexity index is 317. The highest BCUT2D eigenvalue weighted by atomic mass is 14.2. The molecular formula is C33H68. The molecule has 200 valence electrons. The van der Waals surface area contributed by atoms with E-state index in [4.69, 9.17) is 0 Å². The van der Waals surface area contributed by atoms with Gasteiger partial charge >= 0.3 is 0 Å². The molecular weight excluding hydrogens is 396 g/mol. The van der Waals surface area contributed by atoms with Gasteiger partial charge in [0.1, 0.15) is 0 Å². The van der Waals surface area contributed by atoms with E-state index in [0.29, 0.717) is 0 Å². The second-order valence-electron chi connectivity index (χ2n) is 11.5. The zero-order chi connectivity index (χ0) is 24.2. The van der Waals surface area contributed by atoms with Crippen molar-refractivity contribution in [2.24, 2.45) is 11.8 Å². The molecule has 0 aliphatic carbocycles. The topological polar surface area (TPSA) is 0 Å². The Morgan fingerprint density at radius 2 is 0.485 bits per heavy atom. The molecule has 0 radical (unpaired) electrons. The smallest absolute Gasteiger partial charge is 0.0412 e. The van der Waals surface area contributed by atoms with Crippen LogP contribution in [0, 0.1) is 11.8 Å². The Morgan fingerprint density at radius 3 is 0.758 bits per heavy atom. The fourth-order valence-corrected chi connectivity index (χ4v) is 5.73. The van der Waals surface area contributed by atoms with Gasteiger partial charge in [-0.2, -0.15) is 0 Å². The van der Waals surface area contributed by atoms with E-state index in [1.165, 1.54) is 167 Å². The molecule has 0 aliphatic heterocycles. The summed E-state index contributed by atoms with van der Waals surface area (Å²) in [5.74, 6) is 2.05. The second kappa shape index (κ2) is 28.2. The summed E-state index contributed by atoms with van der Waals surface area (Å²) in [5, 5.41) is 0. The molecule has 0 N–H and O–H groups in total. The van der Waals surface area contributed by atoms with Crippen LogP contribution in [-0.4, -0.2) is 0 Å². The molecule has 1 unspecified atom stereocenters. The lowest BCUT2D eigenvalue weighted by atomic mass is 9.82. The van der Waals surface area contributed by atoms with Gasteiger partial charge < -0.3 is 0 Å². The number of hydrogen-bond acceptors (Lipinski definition) is 0. The van der Waals surface area contributed by atoms with Crippen molar-refractivity contribution in [3.8, 4) is 0 Å². The highest BCUT2D eigenvalue weighted by Crippen LogP contribution is 2.31. The van der Waals surface area contributed by atoms with Crippen LogP contribution in [0.2, 0.25) is 0 Å². The number of rotatable bonds is 28. The van der Waals surface area contributed by atoms with Crippen LogP contribution >= 0.6 is 0 Å². The van der Waals surface area contributed by atoms with Crippen molar-refractivity contribution in [2.75, 3.05) is 0 Å². The number of unbranched alkanes of at least 4 members (excludes halogenated alkanes) is 18. The standard InChI is InChI=1S/C33H68/c1-5-9-13-17-20-24-28-32(27-23-16-12-8-4)31-33(29-25-21-18-14-10-6-2)30-26-22-19-15-11-7-3/h32-33H,5-31H2,1-4H3. The molecule has 0 nitrogen and oxygen atoms in total. The zero-order valence-corrected chi connectivity index (χ0v) is 24.2. The quantitative estimate of drug-likeness (QED) is 0.101. The van der Waals surface area contributed by atoms with Crippen LogP contribution in [0.25, 0.3) is 0 Å². The second-order valence-corrected chi connectivity index (χ2v) is 11.5. The lowest BCUT2D eigenvalue weighted by Gasteiger charge is -2.24. The van der Waals surface area contributed by atoms with Gasteiger partial charge in [0.25, 0.3) is 0 Å². The average molecular weight is 465 g/mol. The summed E-state index contributed by atoms with van der Waals surface area (Å²) in [6, 6.07) is 0. The molecule has 0 amide bonds. The summed E-state index contributed by atoms with van der Waals surface area (Å²) >= 11 is 0. The minimum absolute atomic E-state index is 1.03. The van der Waals surface area contributed by atoms with Gasteiger partial charge in [-0.3, -0.25) is 0 Å². The molecule has 0 aromatic heterocycles. The largest absolute Gasteiger partial charge is 0.0654 e. The lowest BCUT2D eigenvalue weighted by molar-refractivity contribution is 0.282. The van der Waals surface area contributed by atoms with Gasteiger partial charge in [-0.25, -0.2) is 0 Å². The molecule has 0 saturated heterocycles. The minimum atomic E-state index is 1.03. The first kappa shape index (κ1) is 33.0. The molecule has 0 spiro atoms. The maximum absolute atomic E-state index is 2.35. The predicted molar refractivity (Wildman–Crippen MR) is 154 cm³/mol. The highest BCUT2D eigenvalue weighted by molar-refractivity contribution is 4.69. The Labute approximate surface area is 212 Å². The van der Waals surface area contributed by atoms with E-state index in [2.05, 4.69) is 27.7 Å². The Hall–Kier alpha value is 0. The van der Waals surface area contributed by atoms with Crippen LogP contribution in [-0.2, 0) is 0 Å². The zero-order valence-electron chi connectivity index (χ0n) is 24.2. The molecule has 0 aromatic carbocycles. The predicted octanol–water partition coefficient (Wildman–Crippen LogP) is 12.8. The molecule has 0 bridgehead atoms. The van der Waals surface area contributed by atoms with Crippen LogP contribution in [0.4, 0.5) is 0 Å². The molecule has 0 aromatic rings. The molecule has 0 rings (SSSR count). The molecule has 0 heterocycles. The molecule has 0 heteroatoms. The van der Waals surface area contributed by atoms with E-state index in [0.717, 1.165) is 11.8 Å². The van der Waals surface area contributed by atoms with Gasteiger partial charge in [-0.1, -0.05) is 195 Å². The van der Waals surface area contributed by atoms with Crippen molar-refractivity contribution in [2.45, 2.75) is 201 Å². The third-order valence-corrected chi connectivity index (χ3v) is 8.03. The van der Waals surface area contributed by atoms with E-state index >= 15 is 0 Å². The monoisotopic (exact) mass is 465 g/mol. The van der Waals surface area contributed by atoms with Crippen LogP contribution in [0.3, 0.4) is 0 Å².